The van der Waals surface area contributed by atoms with Gasteiger partial charge < -0.3 is 50.7 Å². The van der Waals surface area contributed by atoms with Crippen molar-refractivity contribution in [2.24, 2.45) is 0 Å². The summed E-state index contributed by atoms with van der Waals surface area (Å²) in [7, 11) is -17.2. The first kappa shape index (κ1) is 28.7. The van der Waals surface area contributed by atoms with Crippen molar-refractivity contribution in [3.05, 3.63) is 29.3 Å². The van der Waals surface area contributed by atoms with Gasteiger partial charge in [0.25, 0.3) is 0 Å². The molecule has 1 aliphatic rings. The highest BCUT2D eigenvalue weighted by atomic mass is 31.3. The normalized spacial score (nSPS) is 27.6. The van der Waals surface area contributed by atoms with E-state index in [9.17, 15) is 38.5 Å². The van der Waals surface area contributed by atoms with E-state index in [1.807, 2.05) is 0 Å². The fourth-order valence-electron chi connectivity index (χ4n) is 2.60. The summed E-state index contributed by atoms with van der Waals surface area (Å²) in [5.74, 6) is -0.328. The molecule has 19 nitrogen and oxygen atoms in total. The molecule has 0 radical (unpaired) electrons. The molecule has 0 saturated carbocycles. The summed E-state index contributed by atoms with van der Waals surface area (Å²) < 4.78 is 57.2. The van der Waals surface area contributed by atoms with Crippen LogP contribution in [-0.4, -0.2) is 70.5 Å². The van der Waals surface area contributed by atoms with Crippen molar-refractivity contribution in [2.45, 2.75) is 30.8 Å². The quantitative estimate of drug-likeness (QED) is 0.0824. The third-order valence-corrected chi connectivity index (χ3v) is 7.66. The number of phosphoric acid groups is 3. The van der Waals surface area contributed by atoms with Gasteiger partial charge >= 0.3 is 29.2 Å². The maximum Gasteiger partial charge on any atom is 0.490 e. The molecule has 1 aliphatic heterocycles. The Morgan fingerprint density at radius 2 is 1.76 bits per heavy atom. The van der Waals surface area contributed by atoms with Crippen LogP contribution in [0.3, 0.4) is 0 Å². The molecule has 10 N–H and O–H groups in total. The number of hydrogen-bond donors (Lipinski definition) is 8. The predicted molar refractivity (Wildman–Crippen MR) is 108 cm³/mol. The lowest BCUT2D eigenvalue weighted by atomic mass is 10.1. The van der Waals surface area contributed by atoms with Gasteiger partial charge in [0.2, 0.25) is 0 Å². The molecule has 2 rings (SSSR count). The van der Waals surface area contributed by atoms with Crippen LogP contribution in [0.5, 0.6) is 0 Å². The topological polar surface area (TPSA) is 306 Å². The minimum absolute atomic E-state index is 0.193. The zero-order valence-corrected chi connectivity index (χ0v) is 19.4. The highest BCUT2D eigenvalue weighted by molar-refractivity contribution is 7.66. The second-order valence-electron chi connectivity index (χ2n) is 6.43. The number of hydrogen-bond acceptors (Lipinski definition) is 14. The fraction of sp³-hybridized carbons (Fsp3) is 0.500. The Morgan fingerprint density at radius 1 is 1.15 bits per heavy atom. The first-order valence-electron chi connectivity index (χ1n) is 8.67. The Morgan fingerprint density at radius 3 is 2.32 bits per heavy atom. The summed E-state index contributed by atoms with van der Waals surface area (Å²) in [5, 5.41) is 20.7. The molecule has 1 saturated heterocycles. The largest absolute Gasteiger partial charge is 0.490 e. The fourth-order valence-corrected chi connectivity index (χ4v) is 5.70. The number of aromatic nitrogens is 2. The molecule has 1 fully saturated rings. The minimum atomic E-state index is -5.86. The molecular weight excluding hydrogens is 533 g/mol. The number of nitrogens with two attached hydrogens (primary N) is 2. The van der Waals surface area contributed by atoms with Crippen LogP contribution >= 0.6 is 23.5 Å². The van der Waals surface area contributed by atoms with Gasteiger partial charge in [-0.25, -0.2) is 18.5 Å². The zero-order chi connectivity index (χ0) is 26.1. The van der Waals surface area contributed by atoms with Crippen LogP contribution in [0.1, 0.15) is 6.23 Å². The van der Waals surface area contributed by atoms with Crippen molar-refractivity contribution in [3.63, 3.8) is 0 Å². The van der Waals surface area contributed by atoms with E-state index in [0.29, 0.717) is 4.57 Å². The molecular formula is C12H21N4O15P3. The van der Waals surface area contributed by atoms with Gasteiger partial charge in [-0.2, -0.15) is 13.6 Å². The molecule has 7 atom stereocenters. The molecule has 194 valence electrons. The molecule has 3 unspecified atom stereocenters. The molecule has 0 aromatic carbocycles. The van der Waals surface area contributed by atoms with E-state index in [1.165, 1.54) is 0 Å². The van der Waals surface area contributed by atoms with Crippen LogP contribution in [0.2, 0.25) is 0 Å². The number of anilines is 2. The Labute approximate surface area is 189 Å². The number of ether oxygens (including phenoxy) is 2. The van der Waals surface area contributed by atoms with Gasteiger partial charge in [0.05, 0.1) is 12.3 Å². The van der Waals surface area contributed by atoms with Crippen LogP contribution in [0, 0.1) is 0 Å². The summed E-state index contributed by atoms with van der Waals surface area (Å²) in [5.41, 5.74) is 9.73. The third kappa shape index (κ3) is 7.48. The van der Waals surface area contributed by atoms with E-state index in [4.69, 9.17) is 30.7 Å². The summed E-state index contributed by atoms with van der Waals surface area (Å²) in [6, 6.07) is 0. The summed E-state index contributed by atoms with van der Waals surface area (Å²) in [6.07, 6.45) is -7.54. The Kier molecular flexibility index (Phi) is 8.96. The predicted octanol–water partition coefficient (Wildman–Crippen LogP) is -2.10. The second-order valence-corrected chi connectivity index (χ2v) is 10.8. The number of aliphatic hydroxyl groups excluding tert-OH is 2. The molecule has 34 heavy (non-hydrogen) atoms. The number of phosphoric ester groups is 1. The molecule has 0 bridgehead atoms. The first-order chi connectivity index (χ1) is 15.5. The Bertz CT molecular complexity index is 1110. The van der Waals surface area contributed by atoms with Crippen molar-refractivity contribution in [1.29, 1.82) is 0 Å². The molecule has 0 amide bonds. The van der Waals surface area contributed by atoms with Crippen LogP contribution in [0.15, 0.2) is 23.6 Å². The lowest BCUT2D eigenvalue weighted by Gasteiger charge is -2.27. The molecule has 22 heteroatoms. The minimum Gasteiger partial charge on any atom is -0.395 e. The van der Waals surface area contributed by atoms with Gasteiger partial charge in [-0.05, 0) is 0 Å². The van der Waals surface area contributed by atoms with Gasteiger partial charge in [0.15, 0.2) is 18.3 Å². The van der Waals surface area contributed by atoms with E-state index in [0.717, 1.165) is 12.3 Å². The van der Waals surface area contributed by atoms with Gasteiger partial charge in [0.1, 0.15) is 18.3 Å². The maximum atomic E-state index is 12.2. The first-order valence-corrected chi connectivity index (χ1v) is 13.2. The van der Waals surface area contributed by atoms with Crippen molar-refractivity contribution in [1.82, 2.24) is 9.55 Å². The highest BCUT2D eigenvalue weighted by Crippen LogP contribution is 2.66. The van der Waals surface area contributed by atoms with Crippen molar-refractivity contribution < 1.29 is 66.1 Å². The summed E-state index contributed by atoms with van der Waals surface area (Å²) in [6.45, 7) is 2.87. The zero-order valence-electron chi connectivity index (χ0n) is 16.7. The van der Waals surface area contributed by atoms with Gasteiger partial charge in [-0.15, -0.1) is 6.58 Å². The average molecular weight is 554 g/mol. The number of nitrogen functional groups attached to an aromatic ring is 2. The maximum absolute atomic E-state index is 12.2. The van der Waals surface area contributed by atoms with E-state index >= 15 is 0 Å². The average Bonchev–Trinajstić information content (AvgIpc) is 2.94. The third-order valence-electron chi connectivity index (χ3n) is 3.86. The number of aliphatic hydroxyl groups is 2. The van der Waals surface area contributed by atoms with E-state index in [-0.39, 0.29) is 11.5 Å². The molecule has 0 spiro atoms. The lowest BCUT2D eigenvalue weighted by molar-refractivity contribution is -0.183. The van der Waals surface area contributed by atoms with Crippen LogP contribution in [0.25, 0.3) is 0 Å². The van der Waals surface area contributed by atoms with Crippen LogP contribution in [0.4, 0.5) is 11.5 Å². The van der Waals surface area contributed by atoms with E-state index < -0.39 is 66.6 Å². The van der Waals surface area contributed by atoms with E-state index in [2.05, 4.69) is 24.7 Å². The van der Waals surface area contributed by atoms with Gasteiger partial charge in [-0.1, -0.05) is 6.08 Å². The Balaban J connectivity index is 2.30. The standard InChI is InChI=1S/C12H21N4O15P3/c1-2-3-27-11(29-33(23,24)31-34(25,26)30-32(20,21)22)8-6(17)7(18)10(28-8)16-4-5(13)9(14)15-12(16)19/h2,4,6-8,10-11,17-18H,1,3,13H2,(H,23,24)(H,25,26)(H2,14,15,19)(H2,20,21,22)/t6-,7+,8-,10+,11?/m0/s1. The number of nitrogens with zero attached hydrogens (tertiary/aromatic N) is 2. The molecule has 1 aromatic heterocycles. The Hall–Kier alpha value is -1.53. The number of rotatable bonds is 11. The molecule has 1 aromatic rings. The van der Waals surface area contributed by atoms with Gasteiger partial charge in [0, 0.05) is 6.20 Å². The molecule has 0 aliphatic carbocycles. The monoisotopic (exact) mass is 554 g/mol. The molecule has 2 heterocycles. The summed E-state index contributed by atoms with van der Waals surface area (Å²) >= 11 is 0. The van der Waals surface area contributed by atoms with Gasteiger partial charge in [-0.3, -0.25) is 9.09 Å². The van der Waals surface area contributed by atoms with Crippen molar-refractivity contribution in [3.8, 4) is 0 Å². The summed E-state index contributed by atoms with van der Waals surface area (Å²) in [4.78, 5) is 51.7. The smallest absolute Gasteiger partial charge is 0.395 e. The second kappa shape index (κ2) is 10.6. The highest BCUT2D eigenvalue weighted by Gasteiger charge is 2.51. The van der Waals surface area contributed by atoms with Crippen molar-refractivity contribution in [2.75, 3.05) is 18.1 Å². The lowest BCUT2D eigenvalue weighted by Crippen LogP contribution is -2.41. The van der Waals surface area contributed by atoms with Crippen molar-refractivity contribution >= 4 is 35.0 Å². The van der Waals surface area contributed by atoms with Crippen LogP contribution < -0.4 is 17.2 Å². The SMILES string of the molecule is C=CCOC(OP(=O)(O)OP(=O)(O)OP(=O)(O)O)[C@H]1O[C@@H](n2cc(N)c(N)nc2=O)[C@H](O)[C@@H]1O. The van der Waals surface area contributed by atoms with E-state index in [1.54, 1.807) is 0 Å². The van der Waals surface area contributed by atoms with Crippen LogP contribution in [-0.2, 0) is 36.3 Å².